The monoisotopic (exact) mass is 611 g/mol. The highest BCUT2D eigenvalue weighted by atomic mass is 16.2. The Bertz CT molecular complexity index is 1770. The molecule has 0 spiro atoms. The van der Waals surface area contributed by atoms with Crippen molar-refractivity contribution < 1.29 is 9.59 Å². The number of fused-ring (bicyclic) bond motifs is 2. The maximum absolute atomic E-state index is 12.8. The first-order valence-corrected chi connectivity index (χ1v) is 15.0. The summed E-state index contributed by atoms with van der Waals surface area (Å²) in [6, 6.07) is 15.6. The number of rotatable bonds is 11. The van der Waals surface area contributed by atoms with Crippen LogP contribution in [0.2, 0.25) is 0 Å². The molecule has 2 amide bonds. The fourth-order valence-electron chi connectivity index (χ4n) is 5.01. The van der Waals surface area contributed by atoms with E-state index in [4.69, 9.17) is 0 Å². The molecule has 4 aromatic rings. The van der Waals surface area contributed by atoms with E-state index < -0.39 is 0 Å². The summed E-state index contributed by atoms with van der Waals surface area (Å²) in [6.07, 6.45) is 2.06. The molecule has 2 heterocycles. The number of nitrogens with zero attached hydrogens (tertiary/aromatic N) is 2. The number of aromatic nitrogens is 2. The number of allylic oxidation sites excluding steroid dienone is 1. The number of benzene rings is 2. The molecule has 1 saturated carbocycles. The predicted octanol–water partition coefficient (Wildman–Crippen LogP) is 2.32. The first-order chi connectivity index (χ1) is 21.9. The van der Waals surface area contributed by atoms with Gasteiger partial charge in [-0.2, -0.15) is 0 Å². The molecule has 0 saturated heterocycles. The first kappa shape index (κ1) is 31.0. The van der Waals surface area contributed by atoms with Gasteiger partial charge in [-0.05, 0) is 60.9 Å². The normalized spacial score (nSPS) is 13.0. The van der Waals surface area contributed by atoms with Crippen LogP contribution in [0.25, 0.3) is 27.5 Å². The zero-order valence-corrected chi connectivity index (χ0v) is 26.1. The SMILES string of the molecule is CN=C(NC)NCCNC(=O)c1ccc2[nH]c(C(Nc3ccc4cc(C(=O)NCCNC(=NC)NC)[nH]c4c3)=C3CC3)cc2c1. The van der Waals surface area contributed by atoms with Crippen molar-refractivity contribution in [2.75, 3.05) is 59.7 Å². The number of hydrogen-bond acceptors (Lipinski definition) is 5. The lowest BCUT2D eigenvalue weighted by Gasteiger charge is -2.10. The van der Waals surface area contributed by atoms with E-state index in [2.05, 4.69) is 63.2 Å². The molecule has 13 heteroatoms. The Morgan fingerprint density at radius 1 is 0.689 bits per heavy atom. The summed E-state index contributed by atoms with van der Waals surface area (Å²) < 4.78 is 0. The van der Waals surface area contributed by atoms with Crippen molar-refractivity contribution in [1.29, 1.82) is 0 Å². The molecule has 2 aromatic heterocycles. The second-order valence-electron chi connectivity index (χ2n) is 10.6. The molecule has 9 N–H and O–H groups in total. The number of guanidine groups is 2. The molecular weight excluding hydrogens is 570 g/mol. The number of nitrogens with one attached hydrogen (secondary N) is 9. The van der Waals surface area contributed by atoms with E-state index in [1.807, 2.05) is 42.5 Å². The number of hydrogen-bond donors (Lipinski definition) is 9. The third-order valence-electron chi connectivity index (χ3n) is 7.47. The lowest BCUT2D eigenvalue weighted by molar-refractivity contribution is 0.0944. The zero-order valence-electron chi connectivity index (χ0n) is 26.1. The van der Waals surface area contributed by atoms with Crippen molar-refractivity contribution in [3.8, 4) is 0 Å². The summed E-state index contributed by atoms with van der Waals surface area (Å²) in [5.74, 6) is 1.05. The van der Waals surface area contributed by atoms with Crippen molar-refractivity contribution in [3.05, 3.63) is 71.1 Å². The maximum atomic E-state index is 12.8. The van der Waals surface area contributed by atoms with Crippen LogP contribution in [-0.4, -0.2) is 88.1 Å². The van der Waals surface area contributed by atoms with Gasteiger partial charge in [-0.1, -0.05) is 6.07 Å². The van der Waals surface area contributed by atoms with Gasteiger partial charge in [0.15, 0.2) is 11.9 Å². The number of carbonyl (C=O) groups excluding carboxylic acids is 2. The van der Waals surface area contributed by atoms with Gasteiger partial charge in [0.25, 0.3) is 11.8 Å². The van der Waals surface area contributed by atoms with Gasteiger partial charge in [-0.25, -0.2) is 0 Å². The van der Waals surface area contributed by atoms with Gasteiger partial charge in [0, 0.05) is 87.4 Å². The number of amides is 2. The van der Waals surface area contributed by atoms with Gasteiger partial charge in [0.05, 0.1) is 11.4 Å². The van der Waals surface area contributed by atoms with Crippen molar-refractivity contribution in [2.45, 2.75) is 12.8 Å². The Labute approximate surface area is 261 Å². The minimum atomic E-state index is -0.167. The van der Waals surface area contributed by atoms with Gasteiger partial charge in [0.2, 0.25) is 0 Å². The lowest BCUT2D eigenvalue weighted by atomic mass is 10.1. The van der Waals surface area contributed by atoms with Gasteiger partial charge in [0.1, 0.15) is 5.69 Å². The highest BCUT2D eigenvalue weighted by molar-refractivity contribution is 6.00. The largest absolute Gasteiger partial charge is 0.359 e. The minimum absolute atomic E-state index is 0.127. The predicted molar refractivity (Wildman–Crippen MR) is 182 cm³/mol. The number of aliphatic imine (C=N–C) groups is 2. The Morgan fingerprint density at radius 2 is 1.31 bits per heavy atom. The number of H-pyrrole nitrogens is 2. The van der Waals surface area contributed by atoms with Crippen LogP contribution >= 0.6 is 0 Å². The quantitative estimate of drug-likeness (QED) is 0.0711. The molecule has 236 valence electrons. The van der Waals surface area contributed by atoms with Gasteiger partial charge >= 0.3 is 0 Å². The van der Waals surface area contributed by atoms with Crippen LogP contribution in [0.3, 0.4) is 0 Å². The molecule has 13 nitrogen and oxygen atoms in total. The summed E-state index contributed by atoms with van der Waals surface area (Å²) in [4.78, 5) is 40.4. The van der Waals surface area contributed by atoms with E-state index in [1.54, 1.807) is 28.2 Å². The summed E-state index contributed by atoms with van der Waals surface area (Å²) >= 11 is 0. The molecule has 1 aliphatic rings. The Kier molecular flexibility index (Phi) is 9.87. The van der Waals surface area contributed by atoms with Gasteiger partial charge in [-0.3, -0.25) is 19.6 Å². The van der Waals surface area contributed by atoms with Crippen molar-refractivity contribution in [3.63, 3.8) is 0 Å². The molecule has 0 unspecified atom stereocenters. The molecular formula is C32H41N11O2. The topological polar surface area (TPSA) is 175 Å². The highest BCUT2D eigenvalue weighted by Gasteiger charge is 2.21. The summed E-state index contributed by atoms with van der Waals surface area (Å²) in [5.41, 5.74) is 7.17. The van der Waals surface area contributed by atoms with Crippen LogP contribution in [0, 0.1) is 0 Å². The molecule has 0 aliphatic heterocycles. The smallest absolute Gasteiger partial charge is 0.267 e. The van der Waals surface area contributed by atoms with Crippen LogP contribution in [0.1, 0.15) is 39.4 Å². The maximum Gasteiger partial charge on any atom is 0.267 e. The van der Waals surface area contributed by atoms with E-state index in [1.165, 1.54) is 5.57 Å². The van der Waals surface area contributed by atoms with Crippen LogP contribution in [0.4, 0.5) is 5.69 Å². The lowest BCUT2D eigenvalue weighted by Crippen LogP contribution is -2.40. The van der Waals surface area contributed by atoms with Crippen LogP contribution in [0.15, 0.2) is 64.1 Å². The Hall–Kier alpha value is -5.46. The summed E-state index contributed by atoms with van der Waals surface area (Å²) in [7, 11) is 6.97. The summed E-state index contributed by atoms with van der Waals surface area (Å²) in [5, 5.41) is 23.5. The van der Waals surface area contributed by atoms with Crippen molar-refractivity contribution in [1.82, 2.24) is 41.9 Å². The fourth-order valence-corrected chi connectivity index (χ4v) is 5.01. The van der Waals surface area contributed by atoms with Gasteiger partial charge < -0.3 is 47.2 Å². The fraction of sp³-hybridized carbons (Fsp3) is 0.312. The Morgan fingerprint density at radius 3 is 1.96 bits per heavy atom. The molecule has 1 fully saturated rings. The van der Waals surface area contributed by atoms with Crippen LogP contribution in [-0.2, 0) is 0 Å². The molecule has 0 bridgehead atoms. The van der Waals surface area contributed by atoms with E-state index in [0.717, 1.165) is 51.7 Å². The second kappa shape index (κ2) is 14.3. The molecule has 5 rings (SSSR count). The van der Waals surface area contributed by atoms with Gasteiger partial charge in [-0.15, -0.1) is 0 Å². The molecule has 0 radical (unpaired) electrons. The minimum Gasteiger partial charge on any atom is -0.359 e. The van der Waals surface area contributed by atoms with E-state index in [9.17, 15) is 9.59 Å². The zero-order chi connectivity index (χ0) is 31.8. The third kappa shape index (κ3) is 7.74. The first-order valence-electron chi connectivity index (χ1n) is 15.0. The third-order valence-corrected chi connectivity index (χ3v) is 7.47. The molecule has 2 aromatic carbocycles. The Balaban J connectivity index is 1.23. The number of aromatic amines is 2. The number of carbonyl (C=O) groups is 2. The highest BCUT2D eigenvalue weighted by Crippen LogP contribution is 2.38. The molecule has 1 aliphatic carbocycles. The van der Waals surface area contributed by atoms with Crippen LogP contribution in [0.5, 0.6) is 0 Å². The molecule has 0 atom stereocenters. The van der Waals surface area contributed by atoms with E-state index in [0.29, 0.717) is 49.4 Å². The van der Waals surface area contributed by atoms with E-state index >= 15 is 0 Å². The number of anilines is 1. The average molecular weight is 612 g/mol. The van der Waals surface area contributed by atoms with E-state index in [-0.39, 0.29) is 11.8 Å². The average Bonchev–Trinajstić information content (AvgIpc) is 3.66. The van der Waals surface area contributed by atoms with Crippen molar-refractivity contribution >= 4 is 56.9 Å². The second-order valence-corrected chi connectivity index (χ2v) is 10.6. The van der Waals surface area contributed by atoms with Crippen molar-refractivity contribution in [2.24, 2.45) is 9.98 Å². The standard InChI is InChI=1S/C32H41N11O2/c1-33-31(34-2)39-13-11-37-29(44)21-8-10-24-22(15-21)17-26(42-24)28(19-5-6-19)41-23-9-7-20-16-27(43-25(20)18-23)30(45)38-12-14-40-32(35-3)36-4/h7-10,15-18,41-43H,5-6,11-14H2,1-4H3,(H,37,44)(H,38,45)(H2,33,34,39)(H2,35,36,40). The van der Waals surface area contributed by atoms with Crippen LogP contribution < -0.4 is 37.2 Å². The summed E-state index contributed by atoms with van der Waals surface area (Å²) in [6.45, 7) is 2.04. The molecule has 45 heavy (non-hydrogen) atoms.